The molecule has 50 heavy (non-hydrogen) atoms. The van der Waals surface area contributed by atoms with Gasteiger partial charge in [-0.25, -0.2) is 9.59 Å². The van der Waals surface area contributed by atoms with Crippen molar-refractivity contribution < 1.29 is 57.5 Å². The van der Waals surface area contributed by atoms with Gasteiger partial charge in [0.15, 0.2) is 23.9 Å². The van der Waals surface area contributed by atoms with Gasteiger partial charge in [0.1, 0.15) is 11.7 Å². The predicted octanol–water partition coefficient (Wildman–Crippen LogP) is 4.93. The zero-order valence-corrected chi connectivity index (χ0v) is 30.3. The van der Waals surface area contributed by atoms with Crippen LogP contribution < -0.4 is 0 Å². The summed E-state index contributed by atoms with van der Waals surface area (Å²) in [6.45, 7) is 15.2. The number of aliphatic hydroxyl groups is 1. The van der Waals surface area contributed by atoms with Gasteiger partial charge in [-0.3, -0.25) is 14.4 Å². The minimum atomic E-state index is -2.32. The minimum absolute atomic E-state index is 0.0422. The average Bonchev–Trinajstić information content (AvgIpc) is 3.39. The summed E-state index contributed by atoms with van der Waals surface area (Å²) in [7, 11) is 0. The summed E-state index contributed by atoms with van der Waals surface area (Å²) in [6, 6.07) is 8.31. The van der Waals surface area contributed by atoms with E-state index >= 15 is 0 Å². The maximum atomic E-state index is 13.6. The highest BCUT2D eigenvalue weighted by molar-refractivity contribution is 5.90. The number of rotatable bonds is 7. The quantitative estimate of drug-likeness (QED) is 0.177. The highest BCUT2D eigenvalue weighted by Crippen LogP contribution is 2.55. The molecule has 1 aliphatic carbocycles. The van der Waals surface area contributed by atoms with Crippen molar-refractivity contribution in [3.63, 3.8) is 0 Å². The van der Waals surface area contributed by atoms with Crippen molar-refractivity contribution in [3.8, 4) is 0 Å². The van der Waals surface area contributed by atoms with Gasteiger partial charge < -0.3 is 33.5 Å². The molecule has 0 spiro atoms. The Hall–Kier alpha value is -4.29. The molecule has 0 unspecified atom stereocenters. The normalized spacial score (nSPS) is 36.4. The summed E-state index contributed by atoms with van der Waals surface area (Å²) < 4.78 is 36.7. The lowest BCUT2D eigenvalue weighted by molar-refractivity contribution is -0.285. The van der Waals surface area contributed by atoms with Gasteiger partial charge in [0.2, 0.25) is 5.79 Å². The zero-order chi connectivity index (χ0) is 37.4. The molecule has 9 atom stereocenters. The highest BCUT2D eigenvalue weighted by Gasteiger charge is 2.70. The zero-order valence-electron chi connectivity index (χ0n) is 30.3. The molecule has 0 radical (unpaired) electrons. The van der Waals surface area contributed by atoms with E-state index in [0.717, 1.165) is 6.92 Å². The minimum Gasteiger partial charge on any atom is -0.457 e. The van der Waals surface area contributed by atoms with Crippen LogP contribution >= 0.6 is 0 Å². The van der Waals surface area contributed by atoms with E-state index in [9.17, 15) is 29.1 Å². The highest BCUT2D eigenvalue weighted by atomic mass is 16.7. The molecule has 12 nitrogen and oxygen atoms in total. The van der Waals surface area contributed by atoms with Crippen molar-refractivity contribution in [1.82, 2.24) is 0 Å². The molecule has 2 aliphatic heterocycles. The van der Waals surface area contributed by atoms with E-state index in [0.29, 0.717) is 0 Å². The molecule has 1 saturated carbocycles. The molecule has 4 rings (SSSR count). The molecular weight excluding hydrogens is 648 g/mol. The van der Waals surface area contributed by atoms with Crippen LogP contribution in [0.5, 0.6) is 0 Å². The second kappa shape index (κ2) is 14.1. The topological polar surface area (TPSA) is 161 Å². The van der Waals surface area contributed by atoms with Crippen molar-refractivity contribution in [3.05, 3.63) is 71.3 Å². The third-order valence-electron chi connectivity index (χ3n) is 9.80. The lowest BCUT2D eigenvalue weighted by Crippen LogP contribution is -2.56. The summed E-state index contributed by atoms with van der Waals surface area (Å²) in [4.78, 5) is 65.4. The molecule has 272 valence electrons. The Bertz CT molecular complexity index is 1610. The van der Waals surface area contributed by atoms with Crippen molar-refractivity contribution in [2.24, 2.45) is 17.3 Å². The second-order valence-corrected chi connectivity index (χ2v) is 14.2. The van der Waals surface area contributed by atoms with Crippen LogP contribution in [0.2, 0.25) is 0 Å². The SMILES string of the molecule is C/C=C(\C)C(=O)O[C@H]1[C@H](OC(C)=O)[C@@]2(O)O[C@]1(C)/C=C1/[C@@H](OC(=O)c3ccccc3)[C@@H](C)C[C@@]1(OC(C)=O)[C@@H](OC(C)=O)[C@H](C)/C=C\C2(C)C. The van der Waals surface area contributed by atoms with E-state index in [-0.39, 0.29) is 23.1 Å². The number of ether oxygens (including phenoxy) is 6. The molecule has 1 aromatic carbocycles. The lowest BCUT2D eigenvalue weighted by atomic mass is 9.75. The largest absolute Gasteiger partial charge is 0.457 e. The van der Waals surface area contributed by atoms with E-state index in [1.807, 2.05) is 0 Å². The summed E-state index contributed by atoms with van der Waals surface area (Å²) in [5.41, 5.74) is -4.25. The molecule has 12 heteroatoms. The molecule has 0 aromatic heterocycles. The Labute approximate surface area is 292 Å². The first-order valence-electron chi connectivity index (χ1n) is 16.7. The van der Waals surface area contributed by atoms with Gasteiger partial charge in [-0.15, -0.1) is 0 Å². The second-order valence-electron chi connectivity index (χ2n) is 14.2. The van der Waals surface area contributed by atoms with Crippen LogP contribution in [0.3, 0.4) is 0 Å². The van der Waals surface area contributed by atoms with Crippen LogP contribution in [0.15, 0.2) is 65.8 Å². The number of benzene rings is 1. The Morgan fingerprint density at radius 1 is 0.840 bits per heavy atom. The van der Waals surface area contributed by atoms with Gasteiger partial charge in [-0.1, -0.05) is 64.1 Å². The Morgan fingerprint density at radius 2 is 1.44 bits per heavy atom. The molecule has 2 heterocycles. The molecule has 1 N–H and O–H groups in total. The fourth-order valence-electron chi connectivity index (χ4n) is 7.21. The fraction of sp³-hybridized carbons (Fsp3) is 0.553. The number of carbonyl (C=O) groups excluding carboxylic acids is 5. The number of allylic oxidation sites excluding steroid dienone is 1. The third kappa shape index (κ3) is 7.14. The predicted molar refractivity (Wildman–Crippen MR) is 179 cm³/mol. The average molecular weight is 697 g/mol. The molecule has 2 bridgehead atoms. The van der Waals surface area contributed by atoms with Crippen LogP contribution in [0.4, 0.5) is 0 Å². The van der Waals surface area contributed by atoms with Crippen molar-refractivity contribution in [1.29, 1.82) is 0 Å². The van der Waals surface area contributed by atoms with Gasteiger partial charge >= 0.3 is 29.8 Å². The van der Waals surface area contributed by atoms with Gasteiger partial charge in [-0.05, 0) is 39.0 Å². The molecule has 0 amide bonds. The first-order valence-corrected chi connectivity index (χ1v) is 16.7. The first-order chi connectivity index (χ1) is 23.2. The Balaban J connectivity index is 2.11. The summed E-state index contributed by atoms with van der Waals surface area (Å²) in [5.74, 6) is -7.08. The van der Waals surface area contributed by atoms with Gasteiger partial charge in [0, 0.05) is 55.6 Å². The number of carbonyl (C=O) groups is 5. The van der Waals surface area contributed by atoms with Crippen LogP contribution in [-0.4, -0.2) is 76.4 Å². The number of fused-ring (bicyclic) bond motifs is 3. The lowest BCUT2D eigenvalue weighted by Gasteiger charge is -2.41. The van der Waals surface area contributed by atoms with Crippen molar-refractivity contribution >= 4 is 29.8 Å². The fourth-order valence-corrected chi connectivity index (χ4v) is 7.21. The standard InChI is InChI=1S/C38H48O12/c1-11-21(2)33(42)48-31-32(46-25(6)40)38(44)35(8,9)18-17-22(3)30(45-24(5)39)37(49-26(7)41)19-23(4)29(28(37)20-36(31,10)50-38)47-34(43)27-15-13-12-14-16-27/h11-18,20,22-23,29-32,44H,19H2,1-10H3/b18-17-,21-11+,28-20-/t22-,23+,29+,30+,31+,32+,36-,37+,38-/m1/s1. The van der Waals surface area contributed by atoms with E-state index in [4.69, 9.17) is 28.4 Å². The van der Waals surface area contributed by atoms with Gasteiger partial charge in [-0.2, -0.15) is 0 Å². The van der Waals surface area contributed by atoms with Gasteiger partial charge in [0.25, 0.3) is 0 Å². The molecule has 1 saturated heterocycles. The Kier molecular flexibility index (Phi) is 10.9. The van der Waals surface area contributed by atoms with Crippen molar-refractivity contribution in [2.45, 2.75) is 117 Å². The number of esters is 5. The molecule has 1 aromatic rings. The third-order valence-corrected chi connectivity index (χ3v) is 9.80. The smallest absolute Gasteiger partial charge is 0.338 e. The van der Waals surface area contributed by atoms with Crippen molar-refractivity contribution in [2.75, 3.05) is 0 Å². The first kappa shape index (κ1) is 38.5. The molecule has 3 aliphatic rings. The summed E-state index contributed by atoms with van der Waals surface area (Å²) in [5, 5.41) is 12.5. The van der Waals surface area contributed by atoms with Gasteiger partial charge in [0.05, 0.1) is 5.56 Å². The van der Waals surface area contributed by atoms with Crippen LogP contribution in [-0.2, 0) is 47.6 Å². The van der Waals surface area contributed by atoms with E-state index < -0.39 is 88.5 Å². The summed E-state index contributed by atoms with van der Waals surface area (Å²) >= 11 is 0. The monoisotopic (exact) mass is 696 g/mol. The maximum absolute atomic E-state index is 13.6. The number of hydrogen-bond acceptors (Lipinski definition) is 12. The van der Waals surface area contributed by atoms with E-state index in [2.05, 4.69) is 0 Å². The van der Waals surface area contributed by atoms with Crippen LogP contribution in [0, 0.1) is 17.3 Å². The van der Waals surface area contributed by atoms with E-state index in [1.54, 1.807) is 90.1 Å². The Morgan fingerprint density at radius 3 is 2.00 bits per heavy atom. The maximum Gasteiger partial charge on any atom is 0.338 e. The van der Waals surface area contributed by atoms with E-state index in [1.165, 1.54) is 26.8 Å². The number of hydrogen-bond donors (Lipinski definition) is 1. The molecule has 2 fully saturated rings. The summed E-state index contributed by atoms with van der Waals surface area (Å²) in [6.07, 6.45) is 1.08. The van der Waals surface area contributed by atoms with Crippen LogP contribution in [0.25, 0.3) is 0 Å². The van der Waals surface area contributed by atoms with Crippen LogP contribution in [0.1, 0.15) is 86.0 Å². The molecular formula is C38H48O12.